The molecule has 1 atom stereocenters. The van der Waals surface area contributed by atoms with Gasteiger partial charge in [-0.25, -0.2) is 0 Å². The molecule has 1 aliphatic carbocycles. The molecule has 0 unspecified atom stereocenters. The van der Waals surface area contributed by atoms with E-state index in [4.69, 9.17) is 4.74 Å². The van der Waals surface area contributed by atoms with Gasteiger partial charge in [-0.15, -0.1) is 0 Å². The highest BCUT2D eigenvalue weighted by Crippen LogP contribution is 2.34. The molecule has 74 valence electrons. The molecule has 1 aliphatic heterocycles. The maximum absolute atomic E-state index is 5.40. The molecule has 14 heavy (non-hydrogen) atoms. The molecule has 3 heteroatoms. The van der Waals surface area contributed by atoms with Crippen molar-refractivity contribution in [1.29, 1.82) is 0 Å². The van der Waals surface area contributed by atoms with E-state index in [-0.39, 0.29) is 0 Å². The van der Waals surface area contributed by atoms with Gasteiger partial charge in [-0.05, 0) is 18.4 Å². The minimum Gasteiger partial charge on any atom is -0.376 e. The second-order valence-electron chi connectivity index (χ2n) is 4.06. The fraction of sp³-hybridized carbons (Fsp3) is 0.545. The monoisotopic (exact) mass is 190 g/mol. The Morgan fingerprint density at radius 3 is 3.07 bits per heavy atom. The largest absolute Gasteiger partial charge is 0.376 e. The first-order chi connectivity index (χ1) is 6.93. The van der Waals surface area contributed by atoms with Crippen LogP contribution in [0.3, 0.4) is 0 Å². The zero-order valence-corrected chi connectivity index (χ0v) is 8.10. The van der Waals surface area contributed by atoms with Crippen LogP contribution in [0.4, 0.5) is 0 Å². The first kappa shape index (κ1) is 8.24. The van der Waals surface area contributed by atoms with Crippen LogP contribution in [0.1, 0.15) is 30.4 Å². The topological polar surface area (TPSA) is 27.1 Å². The minimum atomic E-state index is 0.413. The van der Waals surface area contributed by atoms with Crippen LogP contribution in [0, 0.1) is 0 Å². The van der Waals surface area contributed by atoms with Gasteiger partial charge in [-0.3, -0.25) is 4.68 Å². The summed E-state index contributed by atoms with van der Waals surface area (Å²) in [7, 11) is 0. The van der Waals surface area contributed by atoms with Gasteiger partial charge in [0.15, 0.2) is 0 Å². The van der Waals surface area contributed by atoms with E-state index >= 15 is 0 Å². The van der Waals surface area contributed by atoms with Crippen LogP contribution in [-0.4, -0.2) is 23.0 Å². The molecule has 0 N–H and O–H groups in total. The standard InChI is InChI=1S/C11H14N2O/c1-2-9(8-14-5-1)10-6-12-13(7-10)11-3-4-11/h1-2,6-7,9,11H,3-5,8H2/t9-/m0/s1. The summed E-state index contributed by atoms with van der Waals surface area (Å²) in [5.74, 6) is 0.413. The van der Waals surface area contributed by atoms with E-state index in [9.17, 15) is 0 Å². The average Bonchev–Trinajstić information content (AvgIpc) is 2.98. The molecule has 1 aromatic rings. The maximum atomic E-state index is 5.40. The van der Waals surface area contributed by atoms with Crippen molar-refractivity contribution in [2.45, 2.75) is 24.8 Å². The number of hydrogen-bond donors (Lipinski definition) is 0. The van der Waals surface area contributed by atoms with Gasteiger partial charge in [0, 0.05) is 12.1 Å². The van der Waals surface area contributed by atoms with E-state index in [1.165, 1.54) is 18.4 Å². The number of rotatable bonds is 2. The van der Waals surface area contributed by atoms with Gasteiger partial charge in [0.1, 0.15) is 0 Å². The lowest BCUT2D eigenvalue weighted by atomic mass is 10.0. The Labute approximate surface area is 83.4 Å². The van der Waals surface area contributed by atoms with Crippen molar-refractivity contribution in [3.05, 3.63) is 30.1 Å². The van der Waals surface area contributed by atoms with Gasteiger partial charge in [-0.2, -0.15) is 5.10 Å². The highest BCUT2D eigenvalue weighted by atomic mass is 16.5. The normalized spacial score (nSPS) is 26.7. The lowest BCUT2D eigenvalue weighted by Gasteiger charge is -2.14. The summed E-state index contributed by atoms with van der Waals surface area (Å²) in [6.45, 7) is 1.56. The Morgan fingerprint density at radius 1 is 1.43 bits per heavy atom. The van der Waals surface area contributed by atoms with Gasteiger partial charge < -0.3 is 4.74 Å². The Bertz CT molecular complexity index is 352. The van der Waals surface area contributed by atoms with Crippen LogP contribution < -0.4 is 0 Å². The maximum Gasteiger partial charge on any atom is 0.0648 e. The molecule has 2 heterocycles. The van der Waals surface area contributed by atoms with Crippen molar-refractivity contribution in [1.82, 2.24) is 9.78 Å². The lowest BCUT2D eigenvalue weighted by molar-refractivity contribution is 0.146. The van der Waals surface area contributed by atoms with E-state index < -0.39 is 0 Å². The van der Waals surface area contributed by atoms with Crippen LogP contribution >= 0.6 is 0 Å². The number of nitrogens with zero attached hydrogens (tertiary/aromatic N) is 2. The number of ether oxygens (including phenoxy) is 1. The molecule has 0 saturated heterocycles. The third kappa shape index (κ3) is 1.48. The summed E-state index contributed by atoms with van der Waals surface area (Å²) < 4.78 is 7.49. The Morgan fingerprint density at radius 2 is 2.36 bits per heavy atom. The van der Waals surface area contributed by atoms with Gasteiger partial charge in [0.2, 0.25) is 0 Å². The Hall–Kier alpha value is -1.09. The van der Waals surface area contributed by atoms with E-state index in [0.29, 0.717) is 12.0 Å². The van der Waals surface area contributed by atoms with E-state index in [1.807, 2.05) is 6.20 Å². The van der Waals surface area contributed by atoms with Crippen LogP contribution in [0.2, 0.25) is 0 Å². The molecule has 0 amide bonds. The van der Waals surface area contributed by atoms with Crippen molar-refractivity contribution in [3.63, 3.8) is 0 Å². The lowest BCUT2D eigenvalue weighted by Crippen LogP contribution is -2.09. The second-order valence-corrected chi connectivity index (χ2v) is 4.06. The second kappa shape index (κ2) is 3.24. The van der Waals surface area contributed by atoms with Crippen molar-refractivity contribution in [3.8, 4) is 0 Å². The first-order valence-electron chi connectivity index (χ1n) is 5.22. The molecule has 0 bridgehead atoms. The van der Waals surface area contributed by atoms with Crippen molar-refractivity contribution in [2.24, 2.45) is 0 Å². The van der Waals surface area contributed by atoms with Gasteiger partial charge in [0.05, 0.1) is 25.5 Å². The van der Waals surface area contributed by atoms with Crippen LogP contribution in [0.25, 0.3) is 0 Å². The summed E-state index contributed by atoms with van der Waals surface area (Å²) in [5, 5.41) is 4.38. The quantitative estimate of drug-likeness (QED) is 0.666. The highest BCUT2D eigenvalue weighted by molar-refractivity contribution is 5.19. The Kier molecular flexibility index (Phi) is 1.91. The molecular formula is C11H14N2O. The molecule has 0 aromatic carbocycles. The Balaban J connectivity index is 1.80. The van der Waals surface area contributed by atoms with Crippen molar-refractivity contribution >= 4 is 0 Å². The molecule has 1 saturated carbocycles. The number of aromatic nitrogens is 2. The predicted octanol–water partition coefficient (Wildman–Crippen LogP) is 1.89. The van der Waals surface area contributed by atoms with Crippen molar-refractivity contribution < 1.29 is 4.74 Å². The molecular weight excluding hydrogens is 176 g/mol. The first-order valence-corrected chi connectivity index (χ1v) is 5.22. The van der Waals surface area contributed by atoms with Gasteiger partial charge in [0.25, 0.3) is 0 Å². The molecule has 0 spiro atoms. The van der Waals surface area contributed by atoms with E-state index in [0.717, 1.165) is 13.2 Å². The SMILES string of the molecule is C1=C[C@H](c2cnn(C3CC3)c2)COC1. The molecule has 3 rings (SSSR count). The molecule has 1 aromatic heterocycles. The summed E-state index contributed by atoms with van der Waals surface area (Å²) in [4.78, 5) is 0. The van der Waals surface area contributed by atoms with Crippen LogP contribution in [0.15, 0.2) is 24.5 Å². The van der Waals surface area contributed by atoms with Crippen molar-refractivity contribution in [2.75, 3.05) is 13.2 Å². The van der Waals surface area contributed by atoms with Crippen LogP contribution in [0.5, 0.6) is 0 Å². The fourth-order valence-corrected chi connectivity index (χ4v) is 1.83. The predicted molar refractivity (Wildman–Crippen MR) is 53.2 cm³/mol. The fourth-order valence-electron chi connectivity index (χ4n) is 1.83. The van der Waals surface area contributed by atoms with Gasteiger partial charge >= 0.3 is 0 Å². The third-order valence-corrected chi connectivity index (χ3v) is 2.85. The van der Waals surface area contributed by atoms with Crippen LogP contribution in [-0.2, 0) is 4.74 Å². The van der Waals surface area contributed by atoms with E-state index in [1.54, 1.807) is 0 Å². The zero-order valence-electron chi connectivity index (χ0n) is 8.10. The van der Waals surface area contributed by atoms with E-state index in [2.05, 4.69) is 28.1 Å². The number of hydrogen-bond acceptors (Lipinski definition) is 2. The zero-order chi connectivity index (χ0) is 9.38. The highest BCUT2D eigenvalue weighted by Gasteiger charge is 2.25. The summed E-state index contributed by atoms with van der Waals surface area (Å²) >= 11 is 0. The van der Waals surface area contributed by atoms with Gasteiger partial charge in [-0.1, -0.05) is 12.2 Å². The summed E-state index contributed by atoms with van der Waals surface area (Å²) in [6, 6.07) is 0.678. The molecule has 0 radical (unpaired) electrons. The molecule has 1 fully saturated rings. The molecule has 3 nitrogen and oxygen atoms in total. The average molecular weight is 190 g/mol. The summed E-state index contributed by atoms with van der Waals surface area (Å²) in [6.07, 6.45) is 11.0. The third-order valence-electron chi connectivity index (χ3n) is 2.85. The summed E-state index contributed by atoms with van der Waals surface area (Å²) in [5.41, 5.74) is 1.29. The molecule has 2 aliphatic rings. The smallest absolute Gasteiger partial charge is 0.0648 e. The minimum absolute atomic E-state index is 0.413.